The first-order valence-electron chi connectivity index (χ1n) is 5.60. The van der Waals surface area contributed by atoms with Gasteiger partial charge in [0.2, 0.25) is 0 Å². The van der Waals surface area contributed by atoms with Crippen molar-refractivity contribution in [2.24, 2.45) is 7.05 Å². The molecule has 0 aliphatic heterocycles. The van der Waals surface area contributed by atoms with E-state index in [4.69, 9.17) is 0 Å². The number of fused-ring (bicyclic) bond motifs is 1. The van der Waals surface area contributed by atoms with E-state index in [1.165, 1.54) is 5.56 Å². The maximum atomic E-state index is 12.2. The van der Waals surface area contributed by atoms with E-state index in [1.807, 2.05) is 24.4 Å². The van der Waals surface area contributed by atoms with E-state index in [1.54, 1.807) is 11.6 Å². The fraction of sp³-hybridized carbons (Fsp3) is 0.357. The molecular weight excluding hydrogens is 278 g/mol. The second kappa shape index (κ2) is 3.98. The van der Waals surface area contributed by atoms with Crippen LogP contribution in [0.15, 0.2) is 33.7 Å². The molecule has 17 heavy (non-hydrogen) atoms. The molecule has 0 amide bonds. The van der Waals surface area contributed by atoms with Crippen LogP contribution in [0.1, 0.15) is 26.3 Å². The summed E-state index contributed by atoms with van der Waals surface area (Å²) in [5.74, 6) is 0. The molecule has 0 aliphatic carbocycles. The topological polar surface area (TPSA) is 22.0 Å². The van der Waals surface area contributed by atoms with Gasteiger partial charge in [-0.25, -0.2) is 0 Å². The second-order valence-corrected chi connectivity index (χ2v) is 6.23. The van der Waals surface area contributed by atoms with Gasteiger partial charge in [0, 0.05) is 17.7 Å². The van der Waals surface area contributed by atoms with Crippen LogP contribution in [-0.2, 0) is 12.5 Å². The zero-order chi connectivity index (χ0) is 12.8. The summed E-state index contributed by atoms with van der Waals surface area (Å²) >= 11 is 3.47. The Kier molecular flexibility index (Phi) is 2.90. The number of aryl methyl sites for hydroxylation is 1. The lowest BCUT2D eigenvalue weighted by Crippen LogP contribution is -2.22. The summed E-state index contributed by atoms with van der Waals surface area (Å²) < 4.78 is 2.52. The molecule has 0 spiro atoms. The number of nitrogens with zero attached hydrogens (tertiary/aromatic N) is 1. The van der Waals surface area contributed by atoms with E-state index < -0.39 is 0 Å². The van der Waals surface area contributed by atoms with E-state index in [9.17, 15) is 4.79 Å². The SMILES string of the molecule is Cn1cc(C(C)(C)C)c2cccc(Br)c2c1=O. The molecular formula is C14H16BrNO. The van der Waals surface area contributed by atoms with Crippen molar-refractivity contribution in [3.63, 3.8) is 0 Å². The van der Waals surface area contributed by atoms with Gasteiger partial charge >= 0.3 is 0 Å². The quantitative estimate of drug-likeness (QED) is 0.727. The summed E-state index contributed by atoms with van der Waals surface area (Å²) in [4.78, 5) is 12.2. The van der Waals surface area contributed by atoms with Gasteiger partial charge < -0.3 is 4.57 Å². The summed E-state index contributed by atoms with van der Waals surface area (Å²) in [7, 11) is 1.80. The lowest BCUT2D eigenvalue weighted by Gasteiger charge is -2.22. The Labute approximate surface area is 109 Å². The lowest BCUT2D eigenvalue weighted by molar-refractivity contribution is 0.587. The van der Waals surface area contributed by atoms with Crippen molar-refractivity contribution in [2.75, 3.05) is 0 Å². The molecule has 0 fully saturated rings. The summed E-state index contributed by atoms with van der Waals surface area (Å²) in [6.07, 6.45) is 1.94. The highest BCUT2D eigenvalue weighted by molar-refractivity contribution is 9.10. The van der Waals surface area contributed by atoms with E-state index in [-0.39, 0.29) is 11.0 Å². The molecule has 2 nitrogen and oxygen atoms in total. The van der Waals surface area contributed by atoms with Gasteiger partial charge in [0.1, 0.15) is 0 Å². The highest BCUT2D eigenvalue weighted by atomic mass is 79.9. The zero-order valence-corrected chi connectivity index (χ0v) is 12.1. The van der Waals surface area contributed by atoms with Crippen molar-refractivity contribution >= 4 is 26.7 Å². The van der Waals surface area contributed by atoms with Gasteiger partial charge in [-0.15, -0.1) is 0 Å². The Bertz CT molecular complexity index is 635. The summed E-state index contributed by atoms with van der Waals surface area (Å²) in [6.45, 7) is 6.48. The van der Waals surface area contributed by atoms with Crippen molar-refractivity contribution in [3.8, 4) is 0 Å². The van der Waals surface area contributed by atoms with E-state index >= 15 is 0 Å². The molecule has 0 saturated heterocycles. The predicted molar refractivity (Wildman–Crippen MR) is 75.6 cm³/mol. The normalized spacial score (nSPS) is 12.1. The molecule has 0 aliphatic rings. The van der Waals surface area contributed by atoms with Crippen LogP contribution in [0.5, 0.6) is 0 Å². The van der Waals surface area contributed by atoms with Crippen molar-refractivity contribution in [1.82, 2.24) is 4.57 Å². The molecule has 0 N–H and O–H groups in total. The van der Waals surface area contributed by atoms with Gasteiger partial charge in [-0.1, -0.05) is 32.9 Å². The third-order valence-corrected chi connectivity index (χ3v) is 3.63. The predicted octanol–water partition coefficient (Wildman–Crippen LogP) is 3.60. The van der Waals surface area contributed by atoms with Crippen LogP contribution < -0.4 is 5.56 Å². The first-order valence-corrected chi connectivity index (χ1v) is 6.40. The molecule has 1 heterocycles. The van der Waals surface area contributed by atoms with Crippen LogP contribution in [0.2, 0.25) is 0 Å². The van der Waals surface area contributed by atoms with E-state index in [0.29, 0.717) is 0 Å². The Morgan fingerprint density at radius 2 is 1.88 bits per heavy atom. The van der Waals surface area contributed by atoms with Gasteiger partial charge in [0.25, 0.3) is 5.56 Å². The van der Waals surface area contributed by atoms with Gasteiger partial charge in [0.15, 0.2) is 0 Å². The Hall–Kier alpha value is -1.09. The fourth-order valence-electron chi connectivity index (χ4n) is 2.06. The number of hydrogen-bond donors (Lipinski definition) is 0. The average Bonchev–Trinajstić information content (AvgIpc) is 2.21. The minimum Gasteiger partial charge on any atom is -0.318 e. The van der Waals surface area contributed by atoms with Crippen molar-refractivity contribution in [2.45, 2.75) is 26.2 Å². The standard InChI is InChI=1S/C14H16BrNO/c1-14(2,3)10-8-16(4)13(17)12-9(10)6-5-7-11(12)15/h5-8H,1-4H3. The zero-order valence-electron chi connectivity index (χ0n) is 10.5. The molecule has 0 radical (unpaired) electrons. The van der Waals surface area contributed by atoms with Crippen LogP contribution >= 0.6 is 15.9 Å². The largest absolute Gasteiger partial charge is 0.318 e. The van der Waals surface area contributed by atoms with Crippen molar-refractivity contribution < 1.29 is 0 Å². The Morgan fingerprint density at radius 1 is 1.24 bits per heavy atom. The van der Waals surface area contributed by atoms with Gasteiger partial charge in [-0.05, 0) is 38.4 Å². The van der Waals surface area contributed by atoms with E-state index in [0.717, 1.165) is 15.2 Å². The first-order chi connectivity index (χ1) is 7.82. The smallest absolute Gasteiger partial charge is 0.259 e. The Balaban J connectivity index is 3.03. The maximum Gasteiger partial charge on any atom is 0.259 e. The van der Waals surface area contributed by atoms with Crippen molar-refractivity contribution in [1.29, 1.82) is 0 Å². The number of pyridine rings is 1. The molecule has 2 rings (SSSR count). The summed E-state index contributed by atoms with van der Waals surface area (Å²) in [5.41, 5.74) is 1.25. The minimum absolute atomic E-state index is 0.0184. The number of aromatic nitrogens is 1. The van der Waals surface area contributed by atoms with Gasteiger partial charge in [-0.2, -0.15) is 0 Å². The van der Waals surface area contributed by atoms with Crippen LogP contribution in [0.4, 0.5) is 0 Å². The highest BCUT2D eigenvalue weighted by Crippen LogP contribution is 2.30. The number of rotatable bonds is 0. The maximum absolute atomic E-state index is 12.2. The molecule has 3 heteroatoms. The van der Waals surface area contributed by atoms with E-state index in [2.05, 4.69) is 36.7 Å². The lowest BCUT2D eigenvalue weighted by atomic mass is 9.85. The Morgan fingerprint density at radius 3 is 2.47 bits per heavy atom. The molecule has 0 saturated carbocycles. The van der Waals surface area contributed by atoms with Gasteiger partial charge in [-0.3, -0.25) is 4.79 Å². The van der Waals surface area contributed by atoms with Crippen LogP contribution in [0.25, 0.3) is 10.8 Å². The molecule has 90 valence electrons. The van der Waals surface area contributed by atoms with Crippen molar-refractivity contribution in [3.05, 3.63) is 44.8 Å². The molecule has 0 bridgehead atoms. The molecule has 0 unspecified atom stereocenters. The van der Waals surface area contributed by atoms with Crippen LogP contribution in [-0.4, -0.2) is 4.57 Å². The third-order valence-electron chi connectivity index (χ3n) is 2.97. The number of halogens is 1. The summed E-state index contributed by atoms with van der Waals surface area (Å²) in [5, 5.41) is 1.80. The third kappa shape index (κ3) is 2.04. The summed E-state index contributed by atoms with van der Waals surface area (Å²) in [6, 6.07) is 5.90. The number of hydrogen-bond acceptors (Lipinski definition) is 1. The molecule has 2 aromatic rings. The number of benzene rings is 1. The molecule has 0 atom stereocenters. The molecule has 1 aromatic heterocycles. The highest BCUT2D eigenvalue weighted by Gasteiger charge is 2.19. The monoisotopic (exact) mass is 293 g/mol. The van der Waals surface area contributed by atoms with Crippen LogP contribution in [0, 0.1) is 0 Å². The van der Waals surface area contributed by atoms with Crippen LogP contribution in [0.3, 0.4) is 0 Å². The molecule has 1 aromatic carbocycles. The average molecular weight is 294 g/mol. The van der Waals surface area contributed by atoms with Gasteiger partial charge in [0.05, 0.1) is 5.39 Å². The minimum atomic E-state index is 0.0184. The second-order valence-electron chi connectivity index (χ2n) is 5.37. The first kappa shape index (κ1) is 12.4. The fourth-order valence-corrected chi connectivity index (χ4v) is 2.60.